The van der Waals surface area contributed by atoms with Gasteiger partial charge in [-0.15, -0.1) is 6.58 Å². The number of nitrogens with zero attached hydrogens (tertiary/aromatic N) is 2. The van der Waals surface area contributed by atoms with Gasteiger partial charge in [-0.25, -0.2) is 4.79 Å². The minimum atomic E-state index is -1.35. The van der Waals surface area contributed by atoms with Gasteiger partial charge in [-0.05, 0) is 6.92 Å². The van der Waals surface area contributed by atoms with Gasteiger partial charge in [0.05, 0.1) is 12.5 Å². The zero-order chi connectivity index (χ0) is 12.5. The molecule has 2 aliphatic heterocycles. The molecule has 1 saturated heterocycles. The van der Waals surface area contributed by atoms with Gasteiger partial charge in [0.2, 0.25) is 5.54 Å². The van der Waals surface area contributed by atoms with Crippen LogP contribution in [0.5, 0.6) is 0 Å². The SMILES string of the molecule is C=CCN1CC2C=NNC2(C(=O)OCC)C1=O. The summed E-state index contributed by atoms with van der Waals surface area (Å²) >= 11 is 0. The van der Waals surface area contributed by atoms with Crippen LogP contribution in [-0.4, -0.2) is 48.2 Å². The van der Waals surface area contributed by atoms with E-state index in [2.05, 4.69) is 17.1 Å². The van der Waals surface area contributed by atoms with E-state index in [0.717, 1.165) is 0 Å². The van der Waals surface area contributed by atoms with Crippen LogP contribution in [0.15, 0.2) is 17.8 Å². The summed E-state index contributed by atoms with van der Waals surface area (Å²) in [6.07, 6.45) is 3.23. The normalized spacial score (nSPS) is 30.1. The first-order valence-electron chi connectivity index (χ1n) is 5.54. The maximum atomic E-state index is 12.2. The highest BCUT2D eigenvalue weighted by molar-refractivity contribution is 6.13. The molecule has 1 amide bonds. The standard InChI is InChI=1S/C11H15N3O3/c1-3-5-14-7-8-6-12-13-11(8,9(14)15)10(16)17-4-2/h3,6,8,13H,1,4-5,7H2,2H3. The van der Waals surface area contributed by atoms with Gasteiger partial charge in [0, 0.05) is 19.3 Å². The van der Waals surface area contributed by atoms with Crippen LogP contribution < -0.4 is 5.43 Å². The first-order chi connectivity index (χ1) is 8.16. The number of hydrogen-bond acceptors (Lipinski definition) is 5. The Morgan fingerprint density at radius 2 is 2.65 bits per heavy atom. The highest BCUT2D eigenvalue weighted by atomic mass is 16.5. The average Bonchev–Trinajstić information content (AvgIpc) is 2.81. The van der Waals surface area contributed by atoms with Gasteiger partial charge in [-0.3, -0.25) is 10.2 Å². The molecule has 2 atom stereocenters. The van der Waals surface area contributed by atoms with E-state index in [4.69, 9.17) is 4.74 Å². The molecule has 2 rings (SSSR count). The van der Waals surface area contributed by atoms with Crippen LogP contribution in [-0.2, 0) is 14.3 Å². The summed E-state index contributed by atoms with van der Waals surface area (Å²) in [6, 6.07) is 0. The number of hydrazone groups is 1. The molecular weight excluding hydrogens is 222 g/mol. The smallest absolute Gasteiger partial charge is 0.344 e. The maximum Gasteiger partial charge on any atom is 0.344 e. The Morgan fingerprint density at radius 3 is 3.29 bits per heavy atom. The van der Waals surface area contributed by atoms with Crippen molar-refractivity contribution in [3.05, 3.63) is 12.7 Å². The second-order valence-electron chi connectivity index (χ2n) is 4.02. The molecule has 1 fully saturated rings. The minimum absolute atomic E-state index is 0.240. The number of carbonyl (C=O) groups excluding carboxylic acids is 2. The molecule has 6 nitrogen and oxygen atoms in total. The lowest BCUT2D eigenvalue weighted by molar-refractivity contribution is -0.156. The molecule has 0 aliphatic carbocycles. The van der Waals surface area contributed by atoms with E-state index in [1.54, 1.807) is 24.1 Å². The van der Waals surface area contributed by atoms with Crippen molar-refractivity contribution in [2.75, 3.05) is 19.7 Å². The number of amides is 1. The number of esters is 1. The molecule has 0 aromatic rings. The third-order valence-corrected chi connectivity index (χ3v) is 3.04. The zero-order valence-corrected chi connectivity index (χ0v) is 9.68. The quantitative estimate of drug-likeness (QED) is 0.407. The van der Waals surface area contributed by atoms with Gasteiger partial charge in [-0.2, -0.15) is 5.10 Å². The van der Waals surface area contributed by atoms with Gasteiger partial charge in [0.1, 0.15) is 0 Å². The Morgan fingerprint density at radius 1 is 1.88 bits per heavy atom. The van der Waals surface area contributed by atoms with Gasteiger partial charge in [-0.1, -0.05) is 6.08 Å². The van der Waals surface area contributed by atoms with E-state index in [-0.39, 0.29) is 18.4 Å². The Labute approximate surface area is 99.3 Å². The van der Waals surface area contributed by atoms with Crippen molar-refractivity contribution < 1.29 is 14.3 Å². The first kappa shape index (κ1) is 11.6. The van der Waals surface area contributed by atoms with E-state index >= 15 is 0 Å². The maximum absolute atomic E-state index is 12.2. The third-order valence-electron chi connectivity index (χ3n) is 3.04. The number of ether oxygens (including phenoxy) is 1. The lowest BCUT2D eigenvalue weighted by Crippen LogP contribution is -2.57. The number of hydrogen-bond donors (Lipinski definition) is 1. The van der Waals surface area contributed by atoms with Crippen molar-refractivity contribution in [3.63, 3.8) is 0 Å². The largest absolute Gasteiger partial charge is 0.464 e. The molecule has 0 saturated carbocycles. The van der Waals surface area contributed by atoms with Gasteiger partial charge >= 0.3 is 5.97 Å². The molecule has 2 unspecified atom stereocenters. The molecule has 92 valence electrons. The molecule has 0 aromatic carbocycles. The second-order valence-corrected chi connectivity index (χ2v) is 4.02. The molecular formula is C11H15N3O3. The molecule has 1 N–H and O–H groups in total. The molecule has 0 radical (unpaired) electrons. The van der Waals surface area contributed by atoms with Gasteiger partial charge in [0.25, 0.3) is 5.91 Å². The summed E-state index contributed by atoms with van der Waals surface area (Å²) in [7, 11) is 0. The highest BCUT2D eigenvalue weighted by Crippen LogP contribution is 2.32. The number of carbonyl (C=O) groups is 2. The van der Waals surface area contributed by atoms with E-state index in [1.165, 1.54) is 0 Å². The fourth-order valence-corrected chi connectivity index (χ4v) is 2.23. The summed E-state index contributed by atoms with van der Waals surface area (Å²) in [5.74, 6) is -1.12. The van der Waals surface area contributed by atoms with Crippen LogP contribution in [0.2, 0.25) is 0 Å². The molecule has 0 spiro atoms. The topological polar surface area (TPSA) is 71.0 Å². The van der Waals surface area contributed by atoms with E-state index in [1.807, 2.05) is 0 Å². The fraction of sp³-hybridized carbons (Fsp3) is 0.545. The van der Waals surface area contributed by atoms with E-state index in [9.17, 15) is 9.59 Å². The minimum Gasteiger partial charge on any atom is -0.464 e. The predicted molar refractivity (Wildman–Crippen MR) is 61.3 cm³/mol. The van der Waals surface area contributed by atoms with E-state index in [0.29, 0.717) is 13.1 Å². The number of fused-ring (bicyclic) bond motifs is 1. The summed E-state index contributed by atoms with van der Waals surface area (Å²) in [5.41, 5.74) is 1.28. The highest BCUT2D eigenvalue weighted by Gasteiger charge is 2.62. The predicted octanol–water partition coefficient (Wildman–Crippen LogP) is -0.478. The molecule has 17 heavy (non-hydrogen) atoms. The van der Waals surface area contributed by atoms with Crippen molar-refractivity contribution >= 4 is 18.1 Å². The summed E-state index contributed by atoms with van der Waals surface area (Å²) < 4.78 is 4.97. The molecule has 0 bridgehead atoms. The molecule has 2 heterocycles. The van der Waals surface area contributed by atoms with E-state index < -0.39 is 11.5 Å². The number of nitrogens with one attached hydrogen (secondary N) is 1. The van der Waals surface area contributed by atoms with Crippen LogP contribution in [0, 0.1) is 5.92 Å². The summed E-state index contributed by atoms with van der Waals surface area (Å²) in [6.45, 7) is 6.42. The number of likely N-dealkylation sites (tertiary alicyclic amines) is 1. The van der Waals surface area contributed by atoms with Crippen LogP contribution in [0.1, 0.15) is 6.92 Å². The second kappa shape index (κ2) is 4.20. The zero-order valence-electron chi connectivity index (χ0n) is 9.68. The fourth-order valence-electron chi connectivity index (χ4n) is 2.23. The van der Waals surface area contributed by atoms with Gasteiger partial charge < -0.3 is 9.64 Å². The molecule has 6 heteroatoms. The molecule has 0 aromatic heterocycles. The van der Waals surface area contributed by atoms with Crippen molar-refractivity contribution in [1.82, 2.24) is 10.3 Å². The number of rotatable bonds is 4. The summed E-state index contributed by atoms with van der Waals surface area (Å²) in [4.78, 5) is 25.8. The Hall–Kier alpha value is -1.85. The van der Waals surface area contributed by atoms with Crippen LogP contribution in [0.3, 0.4) is 0 Å². The van der Waals surface area contributed by atoms with Crippen LogP contribution in [0.25, 0.3) is 0 Å². The lowest BCUT2D eigenvalue weighted by atomic mass is 9.89. The Bertz CT molecular complexity index is 393. The molecule has 2 aliphatic rings. The Kier molecular flexibility index (Phi) is 2.87. The summed E-state index contributed by atoms with van der Waals surface area (Å²) in [5, 5.41) is 3.84. The van der Waals surface area contributed by atoms with Crippen molar-refractivity contribution in [1.29, 1.82) is 0 Å². The van der Waals surface area contributed by atoms with Crippen molar-refractivity contribution in [3.8, 4) is 0 Å². The van der Waals surface area contributed by atoms with Crippen LogP contribution >= 0.6 is 0 Å². The van der Waals surface area contributed by atoms with Gasteiger partial charge in [0.15, 0.2) is 0 Å². The first-order valence-corrected chi connectivity index (χ1v) is 5.54. The third kappa shape index (κ3) is 1.51. The monoisotopic (exact) mass is 237 g/mol. The lowest BCUT2D eigenvalue weighted by Gasteiger charge is -2.23. The van der Waals surface area contributed by atoms with Crippen molar-refractivity contribution in [2.24, 2.45) is 11.0 Å². The van der Waals surface area contributed by atoms with Crippen molar-refractivity contribution in [2.45, 2.75) is 12.5 Å². The Balaban J connectivity index is 2.27. The van der Waals surface area contributed by atoms with Crippen LogP contribution in [0.4, 0.5) is 0 Å². The average molecular weight is 237 g/mol.